The Morgan fingerprint density at radius 2 is 1.88 bits per heavy atom. The van der Waals surface area contributed by atoms with Crippen molar-refractivity contribution in [2.45, 2.75) is 18.6 Å². The van der Waals surface area contributed by atoms with Crippen molar-refractivity contribution in [3.63, 3.8) is 0 Å². The summed E-state index contributed by atoms with van der Waals surface area (Å²) in [5, 5.41) is 28.3. The molecule has 0 spiro atoms. The molecule has 0 aliphatic rings. The van der Waals surface area contributed by atoms with Crippen LogP contribution in [0.1, 0.15) is 18.1 Å². The van der Waals surface area contributed by atoms with Gasteiger partial charge in [0.15, 0.2) is 0 Å². The van der Waals surface area contributed by atoms with Crippen LogP contribution in [0.2, 0.25) is 0 Å². The number of carbonyl (C=O) groups is 1. The summed E-state index contributed by atoms with van der Waals surface area (Å²) in [6, 6.07) is 5.73. The Kier molecular flexibility index (Phi) is 4.28. The number of aliphatic hydroxyl groups excluding tert-OH is 2. The van der Waals surface area contributed by atoms with Crippen molar-refractivity contribution in [3.05, 3.63) is 29.8 Å². The molecule has 1 aromatic rings. The van der Waals surface area contributed by atoms with Gasteiger partial charge >= 0.3 is 5.97 Å². The summed E-state index contributed by atoms with van der Waals surface area (Å²) >= 11 is 0. The smallest absolute Gasteiger partial charge is 0.308 e. The molecule has 0 aliphatic heterocycles. The van der Waals surface area contributed by atoms with E-state index < -0.39 is 18.2 Å². The molecule has 5 heteroatoms. The monoisotopic (exact) mass is 226 g/mol. The number of esters is 1. The van der Waals surface area contributed by atoms with E-state index in [1.165, 1.54) is 31.4 Å². The van der Waals surface area contributed by atoms with Crippen molar-refractivity contribution in [1.29, 1.82) is 0 Å². The van der Waals surface area contributed by atoms with E-state index in [0.29, 0.717) is 5.56 Å². The van der Waals surface area contributed by atoms with Crippen molar-refractivity contribution in [3.8, 4) is 5.75 Å². The third kappa shape index (κ3) is 3.22. The highest BCUT2D eigenvalue weighted by molar-refractivity contribution is 5.69. The Morgan fingerprint density at radius 3 is 2.38 bits per heavy atom. The summed E-state index contributed by atoms with van der Waals surface area (Å²) in [5.74, 6) is -0.524. The lowest BCUT2D eigenvalue weighted by Gasteiger charge is -2.16. The van der Waals surface area contributed by atoms with E-state index >= 15 is 0 Å². The Hall–Kier alpha value is -1.59. The Balaban J connectivity index is 2.66. The lowest BCUT2D eigenvalue weighted by atomic mass is 10.0. The van der Waals surface area contributed by atoms with Crippen LogP contribution in [-0.2, 0) is 9.53 Å². The largest absolute Gasteiger partial charge is 0.508 e. The molecule has 2 atom stereocenters. The van der Waals surface area contributed by atoms with E-state index in [2.05, 4.69) is 4.74 Å². The van der Waals surface area contributed by atoms with Crippen LogP contribution in [0.3, 0.4) is 0 Å². The zero-order valence-corrected chi connectivity index (χ0v) is 8.83. The minimum absolute atomic E-state index is 0.0680. The lowest BCUT2D eigenvalue weighted by molar-refractivity contribution is -0.144. The molecule has 0 saturated carbocycles. The summed E-state index contributed by atoms with van der Waals surface area (Å²) in [5.41, 5.74) is 0.425. The van der Waals surface area contributed by atoms with Gasteiger partial charge in [0.25, 0.3) is 0 Å². The fourth-order valence-electron chi connectivity index (χ4n) is 1.26. The third-order valence-corrected chi connectivity index (χ3v) is 2.20. The molecule has 16 heavy (non-hydrogen) atoms. The third-order valence-electron chi connectivity index (χ3n) is 2.20. The Labute approximate surface area is 92.9 Å². The molecule has 5 nitrogen and oxygen atoms in total. The van der Waals surface area contributed by atoms with Crippen LogP contribution in [0.4, 0.5) is 0 Å². The normalized spacial score (nSPS) is 14.2. The molecule has 3 N–H and O–H groups in total. The van der Waals surface area contributed by atoms with Gasteiger partial charge in [0.05, 0.1) is 19.6 Å². The first kappa shape index (κ1) is 12.5. The minimum atomic E-state index is -1.23. The van der Waals surface area contributed by atoms with E-state index in [9.17, 15) is 15.0 Å². The van der Waals surface area contributed by atoms with E-state index in [4.69, 9.17) is 5.11 Å². The Bertz CT molecular complexity index is 346. The first-order valence-electron chi connectivity index (χ1n) is 4.76. The average Bonchev–Trinajstić information content (AvgIpc) is 2.28. The molecule has 0 fully saturated rings. The second-order valence-electron chi connectivity index (χ2n) is 3.38. The van der Waals surface area contributed by atoms with Crippen molar-refractivity contribution < 1.29 is 24.9 Å². The van der Waals surface area contributed by atoms with Gasteiger partial charge in [-0.2, -0.15) is 0 Å². The number of carbonyl (C=O) groups excluding carboxylic acids is 1. The molecule has 88 valence electrons. The van der Waals surface area contributed by atoms with E-state index in [1.54, 1.807) is 0 Å². The van der Waals surface area contributed by atoms with Gasteiger partial charge < -0.3 is 20.1 Å². The first-order valence-corrected chi connectivity index (χ1v) is 4.76. The number of rotatable bonds is 4. The molecule has 1 rings (SSSR count). The zero-order valence-electron chi connectivity index (χ0n) is 8.83. The fraction of sp³-hybridized carbons (Fsp3) is 0.364. The number of phenols is 1. The number of benzene rings is 1. The zero-order chi connectivity index (χ0) is 12.1. The predicted molar refractivity (Wildman–Crippen MR) is 55.7 cm³/mol. The molecule has 0 aliphatic carbocycles. The van der Waals surface area contributed by atoms with E-state index in [0.717, 1.165) is 0 Å². The van der Waals surface area contributed by atoms with Crippen molar-refractivity contribution in [2.75, 3.05) is 7.11 Å². The van der Waals surface area contributed by atoms with E-state index in [-0.39, 0.29) is 12.2 Å². The summed E-state index contributed by atoms with van der Waals surface area (Å²) in [6.07, 6.45) is -2.69. The van der Waals surface area contributed by atoms with Crippen LogP contribution < -0.4 is 0 Å². The maximum Gasteiger partial charge on any atom is 0.308 e. The number of aliphatic hydroxyl groups is 2. The minimum Gasteiger partial charge on any atom is -0.508 e. The number of methoxy groups -OCH3 is 1. The van der Waals surface area contributed by atoms with Gasteiger partial charge in [-0.05, 0) is 17.7 Å². The fourth-order valence-corrected chi connectivity index (χ4v) is 1.26. The molecule has 0 saturated heterocycles. The van der Waals surface area contributed by atoms with Gasteiger partial charge in [0.2, 0.25) is 0 Å². The van der Waals surface area contributed by atoms with Gasteiger partial charge in [-0.15, -0.1) is 0 Å². The molecular weight excluding hydrogens is 212 g/mol. The first-order chi connectivity index (χ1) is 7.54. The predicted octanol–water partition coefficient (Wildman–Crippen LogP) is 0.350. The highest BCUT2D eigenvalue weighted by Crippen LogP contribution is 2.21. The summed E-state index contributed by atoms with van der Waals surface area (Å²) in [7, 11) is 1.21. The molecular formula is C11H14O5. The number of hydrogen-bond acceptors (Lipinski definition) is 5. The maximum atomic E-state index is 10.9. The maximum absolute atomic E-state index is 10.9. The van der Waals surface area contributed by atoms with Crippen molar-refractivity contribution in [2.24, 2.45) is 0 Å². The number of ether oxygens (including phenoxy) is 1. The summed E-state index contributed by atoms with van der Waals surface area (Å²) in [6.45, 7) is 0. The van der Waals surface area contributed by atoms with Gasteiger partial charge in [0.1, 0.15) is 11.9 Å². The number of aromatic hydroxyl groups is 1. The second-order valence-corrected chi connectivity index (χ2v) is 3.38. The number of hydrogen-bond donors (Lipinski definition) is 3. The van der Waals surface area contributed by atoms with Crippen LogP contribution in [-0.4, -0.2) is 34.5 Å². The van der Waals surface area contributed by atoms with Crippen molar-refractivity contribution in [1.82, 2.24) is 0 Å². The quantitative estimate of drug-likeness (QED) is 0.645. The molecule has 0 bridgehead atoms. The van der Waals surface area contributed by atoms with E-state index in [1.807, 2.05) is 0 Å². The molecule has 1 aromatic carbocycles. The van der Waals surface area contributed by atoms with Crippen LogP contribution >= 0.6 is 0 Å². The Morgan fingerprint density at radius 1 is 1.31 bits per heavy atom. The SMILES string of the molecule is COC(=O)CC(O)C(O)c1ccc(O)cc1. The van der Waals surface area contributed by atoms with Gasteiger partial charge in [-0.25, -0.2) is 0 Å². The average molecular weight is 226 g/mol. The van der Waals surface area contributed by atoms with Crippen LogP contribution in [0.25, 0.3) is 0 Å². The van der Waals surface area contributed by atoms with Crippen LogP contribution in [0, 0.1) is 0 Å². The number of phenolic OH excluding ortho intramolecular Hbond substituents is 1. The highest BCUT2D eigenvalue weighted by Gasteiger charge is 2.21. The topological polar surface area (TPSA) is 87.0 Å². The van der Waals surface area contributed by atoms with Crippen molar-refractivity contribution >= 4 is 5.97 Å². The van der Waals surface area contributed by atoms with Crippen LogP contribution in [0.5, 0.6) is 5.75 Å². The van der Waals surface area contributed by atoms with Gasteiger partial charge in [0, 0.05) is 0 Å². The molecule has 0 aromatic heterocycles. The molecule has 0 heterocycles. The molecule has 2 unspecified atom stereocenters. The lowest BCUT2D eigenvalue weighted by Crippen LogP contribution is -2.22. The van der Waals surface area contributed by atoms with Crippen LogP contribution in [0.15, 0.2) is 24.3 Å². The second kappa shape index (κ2) is 5.48. The molecule has 0 amide bonds. The van der Waals surface area contributed by atoms with Gasteiger partial charge in [-0.3, -0.25) is 4.79 Å². The summed E-state index contributed by atoms with van der Waals surface area (Å²) in [4.78, 5) is 10.9. The summed E-state index contributed by atoms with van der Waals surface area (Å²) < 4.78 is 4.38. The molecule has 0 radical (unpaired) electrons. The van der Waals surface area contributed by atoms with Gasteiger partial charge in [-0.1, -0.05) is 12.1 Å². The highest BCUT2D eigenvalue weighted by atomic mass is 16.5. The standard InChI is InChI=1S/C11H14O5/c1-16-10(14)6-9(13)11(15)7-2-4-8(12)5-3-7/h2-5,9,11-13,15H,6H2,1H3.